The minimum absolute atomic E-state index is 0.0467. The zero-order valence-corrected chi connectivity index (χ0v) is 15.9. The number of amides is 2. The topological polar surface area (TPSA) is 75.4 Å². The van der Waals surface area contributed by atoms with E-state index in [1.165, 1.54) is 17.2 Å². The van der Waals surface area contributed by atoms with Gasteiger partial charge in [0.2, 0.25) is 5.91 Å². The summed E-state index contributed by atoms with van der Waals surface area (Å²) in [6.07, 6.45) is 4.60. The minimum atomic E-state index is -0.564. The Morgan fingerprint density at radius 3 is 2.74 bits per heavy atom. The molecule has 2 amide bonds. The van der Waals surface area contributed by atoms with Crippen LogP contribution in [0.1, 0.15) is 41.0 Å². The molecule has 1 saturated heterocycles. The van der Waals surface area contributed by atoms with Gasteiger partial charge in [0.15, 0.2) is 0 Å². The van der Waals surface area contributed by atoms with Crippen molar-refractivity contribution >= 4 is 33.4 Å². The van der Waals surface area contributed by atoms with E-state index < -0.39 is 6.04 Å². The molecule has 1 aromatic carbocycles. The molecule has 0 saturated carbocycles. The van der Waals surface area contributed by atoms with Crippen LogP contribution in [0.15, 0.2) is 47.3 Å². The Balaban J connectivity index is 1.34. The SMILES string of the molecule is CC(NC(=O)c1ccoc1)C(=O)N1CCC(c2nc3ccccc3s2)CC1. The smallest absolute Gasteiger partial charge is 0.255 e. The van der Waals surface area contributed by atoms with E-state index in [4.69, 9.17) is 9.40 Å². The fourth-order valence-electron chi connectivity index (χ4n) is 3.42. The van der Waals surface area contributed by atoms with E-state index in [2.05, 4.69) is 11.4 Å². The Morgan fingerprint density at radius 1 is 1.26 bits per heavy atom. The van der Waals surface area contributed by atoms with E-state index in [0.717, 1.165) is 23.4 Å². The molecule has 1 aliphatic rings. The molecular formula is C20H21N3O3S. The van der Waals surface area contributed by atoms with Crippen molar-refractivity contribution in [1.82, 2.24) is 15.2 Å². The van der Waals surface area contributed by atoms with E-state index in [1.54, 1.807) is 24.3 Å². The second-order valence-corrected chi connectivity index (χ2v) is 7.89. The summed E-state index contributed by atoms with van der Waals surface area (Å²) in [6.45, 7) is 3.09. The number of benzene rings is 1. The average molecular weight is 383 g/mol. The summed E-state index contributed by atoms with van der Waals surface area (Å²) in [5, 5.41) is 3.90. The van der Waals surface area contributed by atoms with Gasteiger partial charge in [-0.05, 0) is 38.0 Å². The van der Waals surface area contributed by atoms with Crippen LogP contribution in [-0.2, 0) is 4.79 Å². The summed E-state index contributed by atoms with van der Waals surface area (Å²) in [5.74, 6) is 0.0471. The van der Waals surface area contributed by atoms with Gasteiger partial charge in [0.1, 0.15) is 12.3 Å². The van der Waals surface area contributed by atoms with Crippen molar-refractivity contribution in [2.45, 2.75) is 31.7 Å². The number of nitrogens with zero attached hydrogens (tertiary/aromatic N) is 2. The van der Waals surface area contributed by atoms with Crippen LogP contribution in [0.5, 0.6) is 0 Å². The van der Waals surface area contributed by atoms with Crippen LogP contribution in [0.3, 0.4) is 0 Å². The number of para-hydroxylation sites is 1. The van der Waals surface area contributed by atoms with Crippen LogP contribution in [0.2, 0.25) is 0 Å². The first-order valence-corrected chi connectivity index (χ1v) is 9.91. The van der Waals surface area contributed by atoms with Crippen LogP contribution >= 0.6 is 11.3 Å². The van der Waals surface area contributed by atoms with Gasteiger partial charge in [-0.2, -0.15) is 0 Å². The molecule has 1 N–H and O–H groups in total. The van der Waals surface area contributed by atoms with Gasteiger partial charge in [0.25, 0.3) is 5.91 Å². The van der Waals surface area contributed by atoms with E-state index in [0.29, 0.717) is 24.6 Å². The Kier molecular flexibility index (Phi) is 4.94. The maximum Gasteiger partial charge on any atom is 0.255 e. The summed E-state index contributed by atoms with van der Waals surface area (Å²) >= 11 is 1.75. The molecule has 1 unspecified atom stereocenters. The highest BCUT2D eigenvalue weighted by Gasteiger charge is 2.29. The quantitative estimate of drug-likeness (QED) is 0.749. The van der Waals surface area contributed by atoms with Gasteiger partial charge in [-0.15, -0.1) is 11.3 Å². The highest BCUT2D eigenvalue weighted by Crippen LogP contribution is 2.33. The van der Waals surface area contributed by atoms with Gasteiger partial charge in [-0.3, -0.25) is 9.59 Å². The van der Waals surface area contributed by atoms with E-state index in [9.17, 15) is 9.59 Å². The van der Waals surface area contributed by atoms with Crippen molar-refractivity contribution in [2.75, 3.05) is 13.1 Å². The lowest BCUT2D eigenvalue weighted by Crippen LogP contribution is -2.49. The predicted molar refractivity (Wildman–Crippen MR) is 104 cm³/mol. The third kappa shape index (κ3) is 3.73. The maximum atomic E-state index is 12.7. The number of rotatable bonds is 4. The van der Waals surface area contributed by atoms with Gasteiger partial charge in [-0.1, -0.05) is 12.1 Å². The number of thiazole rings is 1. The number of hydrogen-bond acceptors (Lipinski definition) is 5. The molecule has 6 nitrogen and oxygen atoms in total. The number of carbonyl (C=O) groups excluding carboxylic acids is 2. The molecule has 4 rings (SSSR count). The summed E-state index contributed by atoms with van der Waals surface area (Å²) in [7, 11) is 0. The Bertz CT molecular complexity index is 909. The highest BCUT2D eigenvalue weighted by molar-refractivity contribution is 7.18. The molecule has 140 valence electrons. The van der Waals surface area contributed by atoms with Crippen molar-refractivity contribution in [1.29, 1.82) is 0 Å². The lowest BCUT2D eigenvalue weighted by molar-refractivity contribution is -0.133. The van der Waals surface area contributed by atoms with Crippen LogP contribution in [0, 0.1) is 0 Å². The predicted octanol–water partition coefficient (Wildman–Crippen LogP) is 3.41. The van der Waals surface area contributed by atoms with Crippen LogP contribution < -0.4 is 5.32 Å². The molecular weight excluding hydrogens is 362 g/mol. The number of likely N-dealkylation sites (tertiary alicyclic amines) is 1. The zero-order valence-electron chi connectivity index (χ0n) is 15.1. The molecule has 27 heavy (non-hydrogen) atoms. The summed E-state index contributed by atoms with van der Waals surface area (Å²) in [4.78, 5) is 31.3. The normalized spacial score (nSPS) is 16.4. The first kappa shape index (κ1) is 17.7. The molecule has 3 heterocycles. The number of furan rings is 1. The van der Waals surface area contributed by atoms with Crippen LogP contribution in [0.25, 0.3) is 10.2 Å². The van der Waals surface area contributed by atoms with Crippen molar-refractivity contribution in [3.63, 3.8) is 0 Å². The van der Waals surface area contributed by atoms with E-state index in [-0.39, 0.29) is 11.8 Å². The lowest BCUT2D eigenvalue weighted by atomic mass is 9.97. The molecule has 0 radical (unpaired) electrons. The molecule has 0 spiro atoms. The largest absolute Gasteiger partial charge is 0.472 e. The van der Waals surface area contributed by atoms with Gasteiger partial charge >= 0.3 is 0 Å². The Labute approximate surface area is 161 Å². The molecule has 7 heteroatoms. The molecule has 0 aliphatic carbocycles. The number of hydrogen-bond donors (Lipinski definition) is 1. The van der Waals surface area contributed by atoms with Gasteiger partial charge in [0.05, 0.1) is 27.1 Å². The number of fused-ring (bicyclic) bond motifs is 1. The molecule has 3 aromatic rings. The number of aromatic nitrogens is 1. The first-order chi connectivity index (χ1) is 13.1. The van der Waals surface area contributed by atoms with Crippen molar-refractivity contribution < 1.29 is 14.0 Å². The second kappa shape index (κ2) is 7.52. The Morgan fingerprint density at radius 2 is 2.04 bits per heavy atom. The van der Waals surface area contributed by atoms with Crippen molar-refractivity contribution in [2.24, 2.45) is 0 Å². The lowest BCUT2D eigenvalue weighted by Gasteiger charge is -2.33. The third-order valence-corrected chi connectivity index (χ3v) is 6.17. The van der Waals surface area contributed by atoms with Crippen molar-refractivity contribution in [3.05, 3.63) is 53.4 Å². The zero-order chi connectivity index (χ0) is 18.8. The summed E-state index contributed by atoms with van der Waals surface area (Å²) < 4.78 is 6.12. The van der Waals surface area contributed by atoms with Crippen LogP contribution in [0.4, 0.5) is 0 Å². The van der Waals surface area contributed by atoms with Gasteiger partial charge < -0.3 is 14.6 Å². The maximum absolute atomic E-state index is 12.7. The van der Waals surface area contributed by atoms with Crippen LogP contribution in [-0.4, -0.2) is 40.8 Å². The Hall–Kier alpha value is -2.67. The van der Waals surface area contributed by atoms with E-state index in [1.807, 2.05) is 23.1 Å². The molecule has 1 atom stereocenters. The fourth-order valence-corrected chi connectivity index (χ4v) is 4.56. The molecule has 2 aromatic heterocycles. The van der Waals surface area contributed by atoms with Gasteiger partial charge in [0, 0.05) is 19.0 Å². The molecule has 1 aliphatic heterocycles. The van der Waals surface area contributed by atoms with Gasteiger partial charge in [-0.25, -0.2) is 4.98 Å². The standard InChI is InChI=1S/C20H21N3O3S/c1-13(21-18(24)15-8-11-26-12-15)20(25)23-9-6-14(7-10-23)19-22-16-4-2-3-5-17(16)27-19/h2-5,8,11-14H,6-7,9-10H2,1H3,(H,21,24). The first-order valence-electron chi connectivity index (χ1n) is 9.09. The average Bonchev–Trinajstić information content (AvgIpc) is 3.37. The van der Waals surface area contributed by atoms with Crippen molar-refractivity contribution in [3.8, 4) is 0 Å². The molecule has 0 bridgehead atoms. The highest BCUT2D eigenvalue weighted by atomic mass is 32.1. The summed E-state index contributed by atoms with van der Waals surface area (Å²) in [6, 6.07) is 9.19. The number of nitrogens with one attached hydrogen (secondary N) is 1. The summed E-state index contributed by atoms with van der Waals surface area (Å²) in [5.41, 5.74) is 1.47. The minimum Gasteiger partial charge on any atom is -0.472 e. The monoisotopic (exact) mass is 383 g/mol. The second-order valence-electron chi connectivity index (χ2n) is 6.83. The fraction of sp³-hybridized carbons (Fsp3) is 0.350. The number of carbonyl (C=O) groups is 2. The third-order valence-electron chi connectivity index (χ3n) is 4.97. The van der Waals surface area contributed by atoms with E-state index >= 15 is 0 Å². The molecule has 1 fully saturated rings. The number of piperidine rings is 1.